The SMILES string of the molecule is CC(C)NC(=O)OC1CCC(c2cc(Nc3nccn4nc(C(C)S)cc34)n[nH]2)C1. The molecule has 30 heavy (non-hydrogen) atoms. The molecule has 3 aromatic rings. The van der Waals surface area contributed by atoms with E-state index in [1.165, 1.54) is 0 Å². The minimum absolute atomic E-state index is 0.0369. The monoisotopic (exact) mass is 429 g/mol. The smallest absolute Gasteiger partial charge is 0.407 e. The molecule has 1 saturated carbocycles. The highest BCUT2D eigenvalue weighted by Gasteiger charge is 2.30. The van der Waals surface area contributed by atoms with E-state index in [-0.39, 0.29) is 29.4 Å². The Morgan fingerprint density at radius 1 is 1.33 bits per heavy atom. The fraction of sp³-hybridized carbons (Fsp3) is 0.500. The van der Waals surface area contributed by atoms with Crippen LogP contribution in [0, 0.1) is 0 Å². The van der Waals surface area contributed by atoms with Crippen LogP contribution in [0.4, 0.5) is 16.4 Å². The first-order valence-corrected chi connectivity index (χ1v) is 10.7. The fourth-order valence-corrected chi connectivity index (χ4v) is 3.85. The first-order chi connectivity index (χ1) is 14.4. The third-order valence-electron chi connectivity index (χ3n) is 5.19. The quantitative estimate of drug-likeness (QED) is 0.442. The summed E-state index contributed by atoms with van der Waals surface area (Å²) in [5, 5.41) is 18.1. The van der Waals surface area contributed by atoms with E-state index in [0.29, 0.717) is 11.6 Å². The molecule has 0 saturated heterocycles. The van der Waals surface area contributed by atoms with Crippen LogP contribution in [-0.2, 0) is 4.74 Å². The van der Waals surface area contributed by atoms with Crippen molar-refractivity contribution < 1.29 is 9.53 Å². The van der Waals surface area contributed by atoms with Gasteiger partial charge in [0.1, 0.15) is 11.6 Å². The van der Waals surface area contributed by atoms with Crippen molar-refractivity contribution in [2.75, 3.05) is 5.32 Å². The number of aromatic nitrogens is 5. The molecule has 0 spiro atoms. The number of fused-ring (bicyclic) bond motifs is 1. The van der Waals surface area contributed by atoms with Gasteiger partial charge in [-0.15, -0.1) is 0 Å². The Bertz CT molecular complexity index is 1030. The normalized spacial score (nSPS) is 19.9. The van der Waals surface area contributed by atoms with E-state index >= 15 is 0 Å². The minimum Gasteiger partial charge on any atom is -0.446 e. The van der Waals surface area contributed by atoms with E-state index in [0.717, 1.165) is 36.2 Å². The number of thiol groups is 1. The van der Waals surface area contributed by atoms with Crippen LogP contribution in [0.3, 0.4) is 0 Å². The second-order valence-electron chi connectivity index (χ2n) is 8.02. The number of rotatable bonds is 6. The van der Waals surface area contributed by atoms with Crippen molar-refractivity contribution in [3.63, 3.8) is 0 Å². The van der Waals surface area contributed by atoms with Crippen molar-refractivity contribution in [3.8, 4) is 0 Å². The number of amides is 1. The van der Waals surface area contributed by atoms with Gasteiger partial charge in [-0.3, -0.25) is 5.10 Å². The van der Waals surface area contributed by atoms with Gasteiger partial charge in [0.2, 0.25) is 0 Å². The predicted molar refractivity (Wildman–Crippen MR) is 117 cm³/mol. The lowest BCUT2D eigenvalue weighted by Crippen LogP contribution is -2.33. The molecule has 1 amide bonds. The Morgan fingerprint density at radius 3 is 2.93 bits per heavy atom. The second-order valence-corrected chi connectivity index (χ2v) is 8.80. The van der Waals surface area contributed by atoms with E-state index < -0.39 is 0 Å². The molecule has 160 valence electrons. The number of carbonyl (C=O) groups is 1. The van der Waals surface area contributed by atoms with Crippen LogP contribution in [-0.4, -0.2) is 43.0 Å². The molecule has 3 unspecified atom stereocenters. The molecular formula is C20H27N7O2S. The second kappa shape index (κ2) is 8.55. The third-order valence-corrected chi connectivity index (χ3v) is 5.45. The van der Waals surface area contributed by atoms with E-state index in [4.69, 9.17) is 4.74 Å². The summed E-state index contributed by atoms with van der Waals surface area (Å²) in [6.45, 7) is 5.81. The Labute approximate surface area is 180 Å². The van der Waals surface area contributed by atoms with Gasteiger partial charge in [0.15, 0.2) is 11.6 Å². The number of hydrogen-bond donors (Lipinski definition) is 4. The molecule has 10 heteroatoms. The van der Waals surface area contributed by atoms with Crippen LogP contribution >= 0.6 is 12.6 Å². The summed E-state index contributed by atoms with van der Waals surface area (Å²) in [5.41, 5.74) is 2.78. The zero-order valence-corrected chi connectivity index (χ0v) is 18.2. The van der Waals surface area contributed by atoms with Crippen LogP contribution < -0.4 is 10.6 Å². The Kier molecular flexibility index (Phi) is 5.85. The summed E-state index contributed by atoms with van der Waals surface area (Å²) in [6.07, 6.45) is 5.66. The summed E-state index contributed by atoms with van der Waals surface area (Å²) in [5.74, 6) is 1.65. The average molecular weight is 430 g/mol. The van der Waals surface area contributed by atoms with E-state index in [2.05, 4.69) is 43.5 Å². The van der Waals surface area contributed by atoms with Gasteiger partial charge in [0.05, 0.1) is 5.69 Å². The predicted octanol–water partition coefficient (Wildman–Crippen LogP) is 3.96. The Morgan fingerprint density at radius 2 is 2.17 bits per heavy atom. The molecule has 1 fully saturated rings. The van der Waals surface area contributed by atoms with Crippen molar-refractivity contribution in [1.82, 2.24) is 30.1 Å². The third kappa shape index (κ3) is 4.53. The molecule has 0 radical (unpaired) electrons. The van der Waals surface area contributed by atoms with Gasteiger partial charge in [-0.05, 0) is 46.1 Å². The number of nitrogens with one attached hydrogen (secondary N) is 3. The summed E-state index contributed by atoms with van der Waals surface area (Å²) in [7, 11) is 0. The van der Waals surface area contributed by atoms with Crippen LogP contribution in [0.25, 0.3) is 5.52 Å². The van der Waals surface area contributed by atoms with Gasteiger partial charge in [0.25, 0.3) is 0 Å². The zero-order chi connectivity index (χ0) is 21.3. The largest absolute Gasteiger partial charge is 0.446 e. The molecular weight excluding hydrogens is 402 g/mol. The van der Waals surface area contributed by atoms with Gasteiger partial charge < -0.3 is 15.4 Å². The number of ether oxygens (including phenoxy) is 1. The highest BCUT2D eigenvalue weighted by atomic mass is 32.1. The van der Waals surface area contributed by atoms with Crippen molar-refractivity contribution in [1.29, 1.82) is 0 Å². The molecule has 0 aliphatic heterocycles. The molecule has 1 aliphatic carbocycles. The van der Waals surface area contributed by atoms with Crippen molar-refractivity contribution in [2.45, 2.75) is 63.3 Å². The van der Waals surface area contributed by atoms with Crippen LogP contribution in [0.2, 0.25) is 0 Å². The van der Waals surface area contributed by atoms with Crippen molar-refractivity contribution in [2.24, 2.45) is 0 Å². The highest BCUT2D eigenvalue weighted by Crippen LogP contribution is 2.36. The van der Waals surface area contributed by atoms with Crippen molar-refractivity contribution >= 4 is 35.9 Å². The molecule has 3 N–H and O–H groups in total. The lowest BCUT2D eigenvalue weighted by Gasteiger charge is -2.14. The maximum atomic E-state index is 11.8. The maximum absolute atomic E-state index is 11.8. The zero-order valence-electron chi connectivity index (χ0n) is 17.3. The standard InChI is InChI=1S/C20H27N7O2S/c1-11(2)22-20(28)29-14-5-4-13(8-14)16-10-18(25-24-16)23-19-17-9-15(12(3)30)26-27(17)7-6-21-19/h6-7,9-14,30H,4-5,8H2,1-3H3,(H,22,28)(H2,21,23,24,25). The lowest BCUT2D eigenvalue weighted by molar-refractivity contribution is 0.0981. The number of H-pyrrole nitrogens is 1. The number of alkyl carbamates (subject to hydrolysis) is 1. The Balaban J connectivity index is 1.42. The van der Waals surface area contributed by atoms with E-state index in [1.807, 2.05) is 39.1 Å². The molecule has 3 aromatic heterocycles. The minimum atomic E-state index is -0.350. The summed E-state index contributed by atoms with van der Waals surface area (Å²) < 4.78 is 7.30. The van der Waals surface area contributed by atoms with Gasteiger partial charge in [0, 0.05) is 41.4 Å². The number of hydrogen-bond acceptors (Lipinski definition) is 7. The van der Waals surface area contributed by atoms with Crippen molar-refractivity contribution in [3.05, 3.63) is 35.9 Å². The lowest BCUT2D eigenvalue weighted by atomic mass is 10.0. The summed E-state index contributed by atoms with van der Waals surface area (Å²) >= 11 is 4.46. The van der Waals surface area contributed by atoms with Gasteiger partial charge in [-0.2, -0.15) is 22.8 Å². The molecule has 3 atom stereocenters. The topological polar surface area (TPSA) is 109 Å². The number of carbonyl (C=O) groups excluding carboxylic acids is 1. The number of nitrogens with zero attached hydrogens (tertiary/aromatic N) is 4. The maximum Gasteiger partial charge on any atom is 0.407 e. The molecule has 1 aliphatic rings. The number of anilines is 2. The van der Waals surface area contributed by atoms with Gasteiger partial charge >= 0.3 is 6.09 Å². The number of aromatic amines is 1. The molecule has 9 nitrogen and oxygen atoms in total. The summed E-state index contributed by atoms with van der Waals surface area (Å²) in [6, 6.07) is 4.03. The first kappa shape index (κ1) is 20.5. The van der Waals surface area contributed by atoms with Crippen LogP contribution in [0.5, 0.6) is 0 Å². The highest BCUT2D eigenvalue weighted by molar-refractivity contribution is 7.80. The average Bonchev–Trinajstić information content (AvgIpc) is 3.39. The molecule has 3 heterocycles. The molecule has 0 bridgehead atoms. The summed E-state index contributed by atoms with van der Waals surface area (Å²) in [4.78, 5) is 16.3. The van der Waals surface area contributed by atoms with E-state index in [1.54, 1.807) is 10.7 Å². The van der Waals surface area contributed by atoms with Crippen LogP contribution in [0.1, 0.15) is 62.6 Å². The van der Waals surface area contributed by atoms with Gasteiger partial charge in [-0.25, -0.2) is 14.3 Å². The molecule has 0 aromatic carbocycles. The fourth-order valence-electron chi connectivity index (χ4n) is 3.72. The first-order valence-electron chi connectivity index (χ1n) is 10.2. The van der Waals surface area contributed by atoms with Gasteiger partial charge in [-0.1, -0.05) is 0 Å². The Hall–Kier alpha value is -2.75. The van der Waals surface area contributed by atoms with Crippen LogP contribution in [0.15, 0.2) is 24.5 Å². The molecule has 4 rings (SSSR count). The van der Waals surface area contributed by atoms with E-state index in [9.17, 15) is 4.79 Å².